The topological polar surface area (TPSA) is 40.5 Å². The number of hydrogen-bond donors (Lipinski definition) is 1. The zero-order valence-corrected chi connectivity index (χ0v) is 10.1. The second-order valence-corrected chi connectivity index (χ2v) is 3.75. The molecule has 0 heterocycles. The molecular weight excluding hydrogens is 259 g/mol. The van der Waals surface area contributed by atoms with Crippen LogP contribution in [-0.4, -0.2) is 42.0 Å². The Kier molecular flexibility index (Phi) is 6.08. The Morgan fingerprint density at radius 1 is 1.37 bits per heavy atom. The first-order valence-corrected chi connectivity index (χ1v) is 5.65. The molecule has 6 heteroatoms. The van der Waals surface area contributed by atoms with Crippen molar-refractivity contribution in [1.82, 2.24) is 4.90 Å². The van der Waals surface area contributed by atoms with Crippen LogP contribution < -0.4 is 0 Å². The van der Waals surface area contributed by atoms with Gasteiger partial charge in [0.05, 0.1) is 13.2 Å². The Hall–Kier alpha value is -1.82. The second kappa shape index (κ2) is 7.58. The van der Waals surface area contributed by atoms with Gasteiger partial charge in [-0.2, -0.15) is 0 Å². The number of aliphatic hydroxyl groups is 1. The maximum absolute atomic E-state index is 13.3. The molecule has 3 nitrogen and oxygen atoms in total. The van der Waals surface area contributed by atoms with Gasteiger partial charge in [0.25, 0.3) is 6.43 Å². The van der Waals surface area contributed by atoms with Crippen LogP contribution in [0.5, 0.6) is 0 Å². The molecule has 19 heavy (non-hydrogen) atoms. The van der Waals surface area contributed by atoms with Gasteiger partial charge in [-0.05, 0) is 12.1 Å². The lowest BCUT2D eigenvalue weighted by Gasteiger charge is -2.19. The zero-order chi connectivity index (χ0) is 14.3. The standard InChI is InChI=1S/C13H14F3NO2/c14-11-4-2-1-3-10(11)5-6-13(19)17(7-8-18)9-12(15)16/h1-6,12,18H,7-9H2/b6-5+. The van der Waals surface area contributed by atoms with Crippen LogP contribution in [0.25, 0.3) is 6.08 Å². The fraction of sp³-hybridized carbons (Fsp3) is 0.308. The molecule has 1 N–H and O–H groups in total. The van der Waals surface area contributed by atoms with E-state index < -0.39 is 31.3 Å². The first kappa shape index (κ1) is 15.2. The van der Waals surface area contributed by atoms with Gasteiger partial charge in [0.15, 0.2) is 0 Å². The van der Waals surface area contributed by atoms with Crippen LogP contribution in [0.15, 0.2) is 30.3 Å². The molecule has 0 saturated carbocycles. The summed E-state index contributed by atoms with van der Waals surface area (Å²) in [6.07, 6.45) is -0.457. The lowest BCUT2D eigenvalue weighted by atomic mass is 10.2. The minimum absolute atomic E-state index is 0.190. The van der Waals surface area contributed by atoms with Crippen LogP contribution >= 0.6 is 0 Å². The number of halogens is 3. The molecule has 0 unspecified atom stereocenters. The van der Waals surface area contributed by atoms with Gasteiger partial charge in [0.1, 0.15) is 5.82 Å². The van der Waals surface area contributed by atoms with E-state index in [-0.39, 0.29) is 12.1 Å². The Morgan fingerprint density at radius 2 is 2.05 bits per heavy atom. The third kappa shape index (κ3) is 5.13. The molecule has 0 bridgehead atoms. The van der Waals surface area contributed by atoms with Gasteiger partial charge >= 0.3 is 0 Å². The molecule has 0 fully saturated rings. The molecule has 0 aliphatic heterocycles. The molecule has 0 radical (unpaired) electrons. The lowest BCUT2D eigenvalue weighted by molar-refractivity contribution is -0.128. The van der Waals surface area contributed by atoms with Gasteiger partial charge in [-0.3, -0.25) is 4.79 Å². The fourth-order valence-corrected chi connectivity index (χ4v) is 1.46. The van der Waals surface area contributed by atoms with Crippen molar-refractivity contribution < 1.29 is 23.1 Å². The summed E-state index contributed by atoms with van der Waals surface area (Å²) in [4.78, 5) is 12.4. The average Bonchev–Trinajstić information content (AvgIpc) is 2.36. The summed E-state index contributed by atoms with van der Waals surface area (Å²) in [5.41, 5.74) is 0.192. The number of aliphatic hydroxyl groups excluding tert-OH is 1. The Bertz CT molecular complexity index is 449. The number of nitrogens with zero attached hydrogens (tertiary/aromatic N) is 1. The third-order valence-electron chi connectivity index (χ3n) is 2.35. The van der Waals surface area contributed by atoms with Gasteiger partial charge in [-0.15, -0.1) is 0 Å². The molecule has 0 spiro atoms. The molecule has 0 aromatic heterocycles. The molecule has 0 aliphatic carbocycles. The number of alkyl halides is 2. The number of carbonyl (C=O) groups excluding carboxylic acids is 1. The minimum atomic E-state index is -2.68. The predicted octanol–water partition coefficient (Wildman–Crippen LogP) is 1.92. The highest BCUT2D eigenvalue weighted by molar-refractivity contribution is 5.91. The highest BCUT2D eigenvalue weighted by Gasteiger charge is 2.15. The van der Waals surface area contributed by atoms with E-state index in [9.17, 15) is 18.0 Å². The van der Waals surface area contributed by atoms with Crippen molar-refractivity contribution in [2.45, 2.75) is 6.43 Å². The number of hydrogen-bond acceptors (Lipinski definition) is 2. The first-order chi connectivity index (χ1) is 9.04. The van der Waals surface area contributed by atoms with Crippen molar-refractivity contribution in [3.05, 3.63) is 41.7 Å². The van der Waals surface area contributed by atoms with Crippen molar-refractivity contribution in [3.63, 3.8) is 0 Å². The first-order valence-electron chi connectivity index (χ1n) is 5.65. The van der Waals surface area contributed by atoms with Gasteiger partial charge in [0, 0.05) is 18.2 Å². The lowest BCUT2D eigenvalue weighted by Crippen LogP contribution is -2.36. The molecule has 1 rings (SSSR count). The normalized spacial score (nSPS) is 11.2. The number of benzene rings is 1. The van der Waals surface area contributed by atoms with Crippen molar-refractivity contribution in [1.29, 1.82) is 0 Å². The van der Waals surface area contributed by atoms with E-state index in [1.807, 2.05) is 0 Å². The summed E-state index contributed by atoms with van der Waals surface area (Å²) in [5.74, 6) is -1.20. The van der Waals surface area contributed by atoms with Gasteiger partial charge < -0.3 is 10.0 Å². The summed E-state index contributed by atoms with van der Waals surface area (Å²) in [6, 6.07) is 5.79. The van der Waals surface area contributed by atoms with E-state index in [1.54, 1.807) is 6.07 Å². The minimum Gasteiger partial charge on any atom is -0.395 e. The summed E-state index contributed by atoms with van der Waals surface area (Å²) >= 11 is 0. The molecule has 0 atom stereocenters. The quantitative estimate of drug-likeness (QED) is 0.804. The fourth-order valence-electron chi connectivity index (χ4n) is 1.46. The average molecular weight is 273 g/mol. The SMILES string of the molecule is O=C(/C=C/c1ccccc1F)N(CCO)CC(F)F. The number of carbonyl (C=O) groups is 1. The Labute approximate surface area is 109 Å². The zero-order valence-electron chi connectivity index (χ0n) is 10.1. The second-order valence-electron chi connectivity index (χ2n) is 3.75. The maximum Gasteiger partial charge on any atom is 0.255 e. The van der Waals surface area contributed by atoms with Gasteiger partial charge in [-0.25, -0.2) is 13.2 Å². The molecule has 1 aromatic rings. The predicted molar refractivity (Wildman–Crippen MR) is 65.1 cm³/mol. The summed E-state index contributed by atoms with van der Waals surface area (Å²) in [6.45, 7) is -1.36. The van der Waals surface area contributed by atoms with Crippen LogP contribution in [0.2, 0.25) is 0 Å². The molecule has 1 aromatic carbocycles. The monoisotopic (exact) mass is 273 g/mol. The van der Waals surface area contributed by atoms with Crippen molar-refractivity contribution >= 4 is 12.0 Å². The van der Waals surface area contributed by atoms with Crippen molar-refractivity contribution in [2.24, 2.45) is 0 Å². The maximum atomic E-state index is 13.3. The molecule has 0 aliphatic rings. The largest absolute Gasteiger partial charge is 0.395 e. The molecule has 0 saturated heterocycles. The summed E-state index contributed by atoms with van der Waals surface area (Å²) < 4.78 is 37.7. The van der Waals surface area contributed by atoms with E-state index in [0.29, 0.717) is 0 Å². The van der Waals surface area contributed by atoms with E-state index in [1.165, 1.54) is 24.3 Å². The highest BCUT2D eigenvalue weighted by Crippen LogP contribution is 2.09. The van der Waals surface area contributed by atoms with Crippen LogP contribution in [0.4, 0.5) is 13.2 Å². The Morgan fingerprint density at radius 3 is 2.63 bits per heavy atom. The third-order valence-corrected chi connectivity index (χ3v) is 2.35. The van der Waals surface area contributed by atoms with Gasteiger partial charge in [-0.1, -0.05) is 18.2 Å². The van der Waals surface area contributed by atoms with E-state index >= 15 is 0 Å². The molecule has 104 valence electrons. The highest BCUT2D eigenvalue weighted by atomic mass is 19.3. The summed E-state index contributed by atoms with van der Waals surface area (Å²) in [5, 5.41) is 8.70. The smallest absolute Gasteiger partial charge is 0.255 e. The van der Waals surface area contributed by atoms with Crippen LogP contribution in [0.1, 0.15) is 5.56 Å². The molecular formula is C13H14F3NO2. The Balaban J connectivity index is 2.73. The van der Waals surface area contributed by atoms with E-state index in [2.05, 4.69) is 0 Å². The van der Waals surface area contributed by atoms with E-state index in [4.69, 9.17) is 5.11 Å². The van der Waals surface area contributed by atoms with Gasteiger partial charge in [0.2, 0.25) is 5.91 Å². The molecule has 1 amide bonds. The van der Waals surface area contributed by atoms with E-state index in [0.717, 1.165) is 11.0 Å². The van der Waals surface area contributed by atoms with Crippen LogP contribution in [0.3, 0.4) is 0 Å². The van der Waals surface area contributed by atoms with Crippen molar-refractivity contribution in [2.75, 3.05) is 19.7 Å². The summed E-state index contributed by atoms with van der Waals surface area (Å²) in [7, 11) is 0. The van der Waals surface area contributed by atoms with Crippen LogP contribution in [0, 0.1) is 5.82 Å². The van der Waals surface area contributed by atoms with Crippen molar-refractivity contribution in [3.8, 4) is 0 Å². The van der Waals surface area contributed by atoms with Crippen LogP contribution in [-0.2, 0) is 4.79 Å². The number of rotatable bonds is 6. The number of amides is 1.